The molecule has 7 nitrogen and oxygen atoms in total. The second-order valence-corrected chi connectivity index (χ2v) is 7.17. The van der Waals surface area contributed by atoms with E-state index < -0.39 is 54.3 Å². The molecule has 0 spiro atoms. The Bertz CT molecular complexity index is 609. The zero-order chi connectivity index (χ0) is 17.2. The van der Waals surface area contributed by atoms with E-state index in [1.165, 1.54) is 6.20 Å². The number of carboxylic acid groups (broad SMARTS) is 1. The van der Waals surface area contributed by atoms with Gasteiger partial charge >= 0.3 is 5.97 Å². The maximum atomic E-state index is 14.2. The van der Waals surface area contributed by atoms with Gasteiger partial charge in [0, 0.05) is 18.5 Å². The van der Waals surface area contributed by atoms with Crippen LogP contribution in [0.5, 0.6) is 0 Å². The van der Waals surface area contributed by atoms with Gasteiger partial charge in [-0.25, -0.2) is 9.18 Å². The van der Waals surface area contributed by atoms with Crippen molar-refractivity contribution in [2.24, 2.45) is 5.92 Å². The molecule has 2 heterocycles. The number of halogens is 1. The number of fused-ring (bicyclic) bond motifs is 2. The van der Waals surface area contributed by atoms with Crippen molar-refractivity contribution in [1.82, 2.24) is 4.90 Å². The number of morpholine rings is 1. The van der Waals surface area contributed by atoms with Crippen molar-refractivity contribution in [2.45, 2.75) is 68.4 Å². The molecule has 8 unspecified atom stereocenters. The van der Waals surface area contributed by atoms with Crippen LogP contribution in [-0.4, -0.2) is 74.6 Å². The lowest BCUT2D eigenvalue weighted by atomic mass is 9.70. The Kier molecular flexibility index (Phi) is 3.67. The standard InChI is InChI=1S/C16H20FNO6/c17-9-4-7-12-15(14(9)21)24-11-3-6(19)1-2-10(11)18(12)5-8(13(7)20)16(22)23/h5-7,9-12,14-15,19,21H,1-4H2,(H,22,23). The number of aliphatic hydroxyl groups is 2. The molecular formula is C16H20FNO6. The molecule has 2 saturated carbocycles. The van der Waals surface area contributed by atoms with E-state index in [0.717, 1.165) is 0 Å². The second kappa shape index (κ2) is 5.50. The summed E-state index contributed by atoms with van der Waals surface area (Å²) in [4.78, 5) is 25.7. The summed E-state index contributed by atoms with van der Waals surface area (Å²) in [6, 6.07) is -0.734. The monoisotopic (exact) mass is 341 g/mol. The van der Waals surface area contributed by atoms with E-state index in [2.05, 4.69) is 0 Å². The number of ether oxygens (including phenoxy) is 1. The molecule has 8 atom stereocenters. The van der Waals surface area contributed by atoms with E-state index in [4.69, 9.17) is 4.74 Å². The molecule has 24 heavy (non-hydrogen) atoms. The van der Waals surface area contributed by atoms with Crippen molar-refractivity contribution >= 4 is 11.8 Å². The normalized spacial score (nSPS) is 47.5. The van der Waals surface area contributed by atoms with Crippen molar-refractivity contribution in [2.75, 3.05) is 0 Å². The highest BCUT2D eigenvalue weighted by Gasteiger charge is 2.58. The Labute approximate surface area is 137 Å². The number of aliphatic hydroxyl groups excluding tert-OH is 2. The van der Waals surface area contributed by atoms with E-state index in [1.54, 1.807) is 4.90 Å². The average Bonchev–Trinajstić information content (AvgIpc) is 2.53. The summed E-state index contributed by atoms with van der Waals surface area (Å²) in [6.45, 7) is 0. The Morgan fingerprint density at radius 1 is 1.29 bits per heavy atom. The molecule has 132 valence electrons. The molecule has 4 aliphatic rings. The van der Waals surface area contributed by atoms with Crippen LogP contribution in [-0.2, 0) is 14.3 Å². The van der Waals surface area contributed by atoms with E-state index in [9.17, 15) is 29.3 Å². The van der Waals surface area contributed by atoms with Crippen LogP contribution in [0.4, 0.5) is 4.39 Å². The van der Waals surface area contributed by atoms with E-state index in [1.807, 2.05) is 0 Å². The molecule has 0 amide bonds. The summed E-state index contributed by atoms with van der Waals surface area (Å²) in [5, 5.41) is 29.4. The van der Waals surface area contributed by atoms with Gasteiger partial charge in [-0.15, -0.1) is 0 Å². The number of aliphatic carboxylic acids is 1. The minimum Gasteiger partial charge on any atom is -0.478 e. The van der Waals surface area contributed by atoms with Gasteiger partial charge in [-0.1, -0.05) is 0 Å². The number of carbonyl (C=O) groups excluding carboxylic acids is 1. The van der Waals surface area contributed by atoms with Crippen molar-refractivity contribution in [3.63, 3.8) is 0 Å². The third-order valence-corrected chi connectivity index (χ3v) is 5.83. The van der Waals surface area contributed by atoms with Crippen LogP contribution in [0.25, 0.3) is 0 Å². The van der Waals surface area contributed by atoms with Crippen molar-refractivity contribution < 1.29 is 34.0 Å². The van der Waals surface area contributed by atoms with Crippen LogP contribution in [0.15, 0.2) is 11.8 Å². The highest BCUT2D eigenvalue weighted by Crippen LogP contribution is 2.45. The van der Waals surface area contributed by atoms with E-state index in [0.29, 0.717) is 19.3 Å². The van der Waals surface area contributed by atoms with Crippen molar-refractivity contribution in [3.05, 3.63) is 11.8 Å². The summed E-state index contributed by atoms with van der Waals surface area (Å²) in [7, 11) is 0. The Morgan fingerprint density at radius 3 is 2.75 bits per heavy atom. The Hall–Kier alpha value is -1.51. The van der Waals surface area contributed by atoms with Gasteiger partial charge in [0.15, 0.2) is 5.78 Å². The van der Waals surface area contributed by atoms with Crippen LogP contribution in [0.3, 0.4) is 0 Å². The molecule has 2 aliphatic heterocycles. The van der Waals surface area contributed by atoms with Crippen LogP contribution in [0.2, 0.25) is 0 Å². The molecule has 0 aromatic rings. The zero-order valence-electron chi connectivity index (χ0n) is 12.9. The third-order valence-electron chi connectivity index (χ3n) is 5.83. The van der Waals surface area contributed by atoms with Crippen LogP contribution in [0, 0.1) is 5.92 Å². The molecular weight excluding hydrogens is 321 g/mol. The first kappa shape index (κ1) is 16.0. The fraction of sp³-hybridized carbons (Fsp3) is 0.750. The maximum Gasteiger partial charge on any atom is 0.340 e. The summed E-state index contributed by atoms with van der Waals surface area (Å²) in [6.07, 6.45) is -2.22. The number of carboxylic acids is 1. The molecule has 8 heteroatoms. The van der Waals surface area contributed by atoms with Gasteiger partial charge in [-0.3, -0.25) is 4.79 Å². The van der Waals surface area contributed by atoms with Gasteiger partial charge in [0.25, 0.3) is 0 Å². The molecule has 3 fully saturated rings. The van der Waals surface area contributed by atoms with Crippen LogP contribution >= 0.6 is 0 Å². The number of rotatable bonds is 1. The van der Waals surface area contributed by atoms with E-state index in [-0.39, 0.29) is 18.0 Å². The molecule has 0 bridgehead atoms. The van der Waals surface area contributed by atoms with E-state index >= 15 is 0 Å². The predicted molar refractivity (Wildman–Crippen MR) is 77.7 cm³/mol. The third kappa shape index (κ3) is 2.20. The number of Topliss-reactive ketones (excluding diaryl/α,β-unsaturated/α-hetero) is 1. The second-order valence-electron chi connectivity index (χ2n) is 7.17. The SMILES string of the molecule is O=C(O)C1=CN2C3CCC(O)CC3OC3C(O)C(F)CC(C1=O)C32. The lowest BCUT2D eigenvalue weighted by Crippen LogP contribution is -2.71. The molecule has 4 rings (SSSR count). The number of carbonyl (C=O) groups is 2. The predicted octanol–water partition coefficient (Wildman–Crippen LogP) is -0.392. The summed E-state index contributed by atoms with van der Waals surface area (Å²) < 4.78 is 20.1. The maximum absolute atomic E-state index is 14.2. The zero-order valence-corrected chi connectivity index (χ0v) is 12.9. The topological polar surface area (TPSA) is 107 Å². The first-order valence-electron chi connectivity index (χ1n) is 8.31. The first-order valence-corrected chi connectivity index (χ1v) is 8.31. The average molecular weight is 341 g/mol. The van der Waals surface area contributed by atoms with Gasteiger partial charge in [-0.2, -0.15) is 0 Å². The van der Waals surface area contributed by atoms with Gasteiger partial charge in [0.2, 0.25) is 0 Å². The largest absolute Gasteiger partial charge is 0.478 e. The van der Waals surface area contributed by atoms with Gasteiger partial charge in [-0.05, 0) is 19.3 Å². The number of ketones is 1. The molecule has 2 aliphatic carbocycles. The number of hydrogen-bond donors (Lipinski definition) is 3. The highest BCUT2D eigenvalue weighted by atomic mass is 19.1. The highest BCUT2D eigenvalue weighted by molar-refractivity contribution is 6.18. The first-order chi connectivity index (χ1) is 11.4. The molecule has 3 N–H and O–H groups in total. The van der Waals surface area contributed by atoms with Crippen LogP contribution < -0.4 is 0 Å². The smallest absolute Gasteiger partial charge is 0.340 e. The van der Waals surface area contributed by atoms with Gasteiger partial charge in [0.05, 0.1) is 24.3 Å². The van der Waals surface area contributed by atoms with Gasteiger partial charge in [0.1, 0.15) is 24.0 Å². The summed E-state index contributed by atoms with van der Waals surface area (Å²) in [5.41, 5.74) is -0.342. The van der Waals surface area contributed by atoms with Crippen LogP contribution in [0.1, 0.15) is 25.7 Å². The summed E-state index contributed by atoms with van der Waals surface area (Å²) in [5.74, 6) is -2.76. The Morgan fingerprint density at radius 2 is 2.04 bits per heavy atom. The minimum atomic E-state index is -1.64. The van der Waals surface area contributed by atoms with Crippen molar-refractivity contribution in [1.29, 1.82) is 0 Å². The quantitative estimate of drug-likeness (QED) is 0.558. The number of nitrogens with zero attached hydrogens (tertiary/aromatic N) is 1. The molecule has 0 aromatic carbocycles. The van der Waals surface area contributed by atoms with Gasteiger partial charge < -0.3 is 25.0 Å². The molecule has 0 aromatic heterocycles. The number of alkyl halides is 1. The Balaban J connectivity index is 1.78. The fourth-order valence-corrected chi connectivity index (χ4v) is 4.72. The molecule has 1 saturated heterocycles. The lowest BCUT2D eigenvalue weighted by molar-refractivity contribution is -0.228. The fourth-order valence-electron chi connectivity index (χ4n) is 4.72. The minimum absolute atomic E-state index is 0.178. The summed E-state index contributed by atoms with van der Waals surface area (Å²) >= 11 is 0. The van der Waals surface area contributed by atoms with Crippen molar-refractivity contribution in [3.8, 4) is 0 Å². The lowest BCUT2D eigenvalue weighted by Gasteiger charge is -2.58. The molecule has 0 radical (unpaired) electrons. The number of hydrogen-bond acceptors (Lipinski definition) is 6.